The van der Waals surface area contributed by atoms with Gasteiger partial charge >= 0.3 is 12.1 Å². The Bertz CT molecular complexity index is 745. The van der Waals surface area contributed by atoms with Crippen molar-refractivity contribution in [1.82, 2.24) is 0 Å². The average Bonchev–Trinajstić information content (AvgIpc) is 3.01. The zero-order chi connectivity index (χ0) is 17.7. The zero-order valence-corrected chi connectivity index (χ0v) is 13.0. The van der Waals surface area contributed by atoms with Gasteiger partial charge in [0, 0.05) is 11.6 Å². The van der Waals surface area contributed by atoms with E-state index in [1.807, 2.05) is 0 Å². The Kier molecular flexibility index (Phi) is 5.33. The van der Waals surface area contributed by atoms with Crippen molar-refractivity contribution >= 4 is 12.0 Å². The predicted octanol–water partition coefficient (Wildman–Crippen LogP) is 4.55. The van der Waals surface area contributed by atoms with E-state index < -0.39 is 17.7 Å². The predicted molar refractivity (Wildman–Crippen MR) is 81.4 cm³/mol. The van der Waals surface area contributed by atoms with Gasteiger partial charge in [0.1, 0.15) is 17.3 Å². The molecule has 2 aromatic rings. The molecule has 0 amide bonds. The number of ether oxygens (including phenoxy) is 2. The summed E-state index contributed by atoms with van der Waals surface area (Å²) in [5, 5.41) is 0. The molecule has 0 radical (unpaired) electrons. The summed E-state index contributed by atoms with van der Waals surface area (Å²) in [5.74, 6) is 0.0772. The number of carbonyl (C=O) groups excluding carboxylic acids is 1. The summed E-state index contributed by atoms with van der Waals surface area (Å²) in [4.78, 5) is 11.2. The molecule has 0 bridgehead atoms. The standard InChI is InChI=1S/C17H15F3O4/c1-3-23-16(21)7-5-13-4-6-15(24-13)11-8-12(17(18,19)20)10-14(9-11)22-2/h4-10H,3H2,1-2H3/b7-5+. The van der Waals surface area contributed by atoms with E-state index in [-0.39, 0.29) is 23.7 Å². The first-order valence-corrected chi connectivity index (χ1v) is 7.05. The van der Waals surface area contributed by atoms with E-state index >= 15 is 0 Å². The van der Waals surface area contributed by atoms with Gasteiger partial charge in [0.05, 0.1) is 19.3 Å². The van der Waals surface area contributed by atoms with E-state index in [1.54, 1.807) is 6.92 Å². The zero-order valence-electron chi connectivity index (χ0n) is 13.0. The smallest absolute Gasteiger partial charge is 0.416 e. The summed E-state index contributed by atoms with van der Waals surface area (Å²) in [5.41, 5.74) is -0.616. The van der Waals surface area contributed by atoms with Crippen molar-refractivity contribution in [2.45, 2.75) is 13.1 Å². The molecule has 1 heterocycles. The molecule has 0 fully saturated rings. The number of benzene rings is 1. The molecule has 128 valence electrons. The Morgan fingerprint density at radius 3 is 2.62 bits per heavy atom. The Morgan fingerprint density at radius 2 is 2.00 bits per heavy atom. The van der Waals surface area contributed by atoms with Gasteiger partial charge in [0.2, 0.25) is 0 Å². The van der Waals surface area contributed by atoms with Crippen LogP contribution >= 0.6 is 0 Å². The van der Waals surface area contributed by atoms with Crippen molar-refractivity contribution in [3.05, 3.63) is 47.7 Å². The first-order chi connectivity index (χ1) is 11.3. The lowest BCUT2D eigenvalue weighted by atomic mass is 10.1. The molecule has 0 N–H and O–H groups in total. The van der Waals surface area contributed by atoms with Gasteiger partial charge in [-0.15, -0.1) is 0 Å². The molecule has 0 unspecified atom stereocenters. The van der Waals surface area contributed by atoms with Crippen molar-refractivity contribution in [1.29, 1.82) is 0 Å². The Balaban J connectivity index is 2.31. The van der Waals surface area contributed by atoms with Crippen molar-refractivity contribution in [3.63, 3.8) is 0 Å². The molecule has 1 aromatic heterocycles. The second-order valence-electron chi connectivity index (χ2n) is 4.74. The van der Waals surface area contributed by atoms with E-state index in [1.165, 1.54) is 37.5 Å². The highest BCUT2D eigenvalue weighted by Crippen LogP contribution is 2.36. The number of furan rings is 1. The first-order valence-electron chi connectivity index (χ1n) is 7.05. The average molecular weight is 340 g/mol. The van der Waals surface area contributed by atoms with Gasteiger partial charge in [0.15, 0.2) is 0 Å². The molecule has 0 aliphatic heterocycles. The van der Waals surface area contributed by atoms with Crippen molar-refractivity contribution in [2.24, 2.45) is 0 Å². The molecule has 4 nitrogen and oxygen atoms in total. The molecule has 0 saturated heterocycles. The molecule has 0 aliphatic rings. The van der Waals surface area contributed by atoms with Crippen molar-refractivity contribution < 1.29 is 31.9 Å². The van der Waals surface area contributed by atoms with Crippen LogP contribution in [0.15, 0.2) is 40.8 Å². The Morgan fingerprint density at radius 1 is 1.25 bits per heavy atom. The lowest BCUT2D eigenvalue weighted by Gasteiger charge is -2.10. The highest BCUT2D eigenvalue weighted by molar-refractivity contribution is 5.86. The maximum Gasteiger partial charge on any atom is 0.416 e. The largest absolute Gasteiger partial charge is 0.497 e. The van der Waals surface area contributed by atoms with Crippen LogP contribution in [0.2, 0.25) is 0 Å². The van der Waals surface area contributed by atoms with Crippen LogP contribution < -0.4 is 4.74 Å². The summed E-state index contributed by atoms with van der Waals surface area (Å²) in [6.07, 6.45) is -1.94. The van der Waals surface area contributed by atoms with Crippen LogP contribution in [0.4, 0.5) is 13.2 Å². The van der Waals surface area contributed by atoms with Crippen molar-refractivity contribution in [2.75, 3.05) is 13.7 Å². The molecule has 2 rings (SSSR count). The third kappa shape index (κ3) is 4.41. The van der Waals surface area contributed by atoms with Crippen LogP contribution in [0.5, 0.6) is 5.75 Å². The maximum absolute atomic E-state index is 12.9. The summed E-state index contributed by atoms with van der Waals surface area (Å²) < 4.78 is 53.9. The van der Waals surface area contributed by atoms with Gasteiger partial charge in [-0.05, 0) is 43.3 Å². The third-order valence-electron chi connectivity index (χ3n) is 3.05. The number of hydrogen-bond acceptors (Lipinski definition) is 4. The van der Waals surface area contributed by atoms with Gasteiger partial charge in [-0.25, -0.2) is 4.79 Å². The quantitative estimate of drug-likeness (QED) is 0.592. The van der Waals surface area contributed by atoms with Gasteiger partial charge in [0.25, 0.3) is 0 Å². The SMILES string of the molecule is CCOC(=O)/C=C/c1ccc(-c2cc(OC)cc(C(F)(F)F)c2)o1. The van der Waals surface area contributed by atoms with Crippen LogP contribution in [0.3, 0.4) is 0 Å². The fourth-order valence-corrected chi connectivity index (χ4v) is 1.96. The minimum absolute atomic E-state index is 0.0693. The third-order valence-corrected chi connectivity index (χ3v) is 3.05. The minimum Gasteiger partial charge on any atom is -0.497 e. The fraction of sp³-hybridized carbons (Fsp3) is 0.235. The minimum atomic E-state index is -4.50. The number of carbonyl (C=O) groups is 1. The first kappa shape index (κ1) is 17.7. The molecule has 1 aromatic carbocycles. The fourth-order valence-electron chi connectivity index (χ4n) is 1.96. The molecular formula is C17H15F3O4. The Hall–Kier alpha value is -2.70. The highest BCUT2D eigenvalue weighted by Gasteiger charge is 2.31. The summed E-state index contributed by atoms with van der Waals surface area (Å²) in [6, 6.07) is 6.37. The number of hydrogen-bond donors (Lipinski definition) is 0. The van der Waals surface area contributed by atoms with Gasteiger partial charge in [-0.3, -0.25) is 0 Å². The second-order valence-corrected chi connectivity index (χ2v) is 4.74. The van der Waals surface area contributed by atoms with Gasteiger partial charge in [-0.1, -0.05) is 0 Å². The van der Waals surface area contributed by atoms with Crippen molar-refractivity contribution in [3.8, 4) is 17.1 Å². The van der Waals surface area contributed by atoms with Crippen LogP contribution in [0.25, 0.3) is 17.4 Å². The highest BCUT2D eigenvalue weighted by atomic mass is 19.4. The number of methoxy groups -OCH3 is 1. The van der Waals surface area contributed by atoms with Crippen LogP contribution in [0.1, 0.15) is 18.2 Å². The summed E-state index contributed by atoms with van der Waals surface area (Å²) >= 11 is 0. The van der Waals surface area contributed by atoms with Gasteiger partial charge < -0.3 is 13.9 Å². The van der Waals surface area contributed by atoms with Crippen LogP contribution in [-0.4, -0.2) is 19.7 Å². The normalized spacial score (nSPS) is 11.7. The number of esters is 1. The molecule has 0 saturated carbocycles. The maximum atomic E-state index is 12.9. The van der Waals surface area contributed by atoms with E-state index in [0.717, 1.165) is 12.1 Å². The van der Waals surface area contributed by atoms with E-state index in [4.69, 9.17) is 13.9 Å². The van der Waals surface area contributed by atoms with E-state index in [2.05, 4.69) is 0 Å². The molecular weight excluding hydrogens is 325 g/mol. The molecule has 0 atom stereocenters. The number of alkyl halides is 3. The topological polar surface area (TPSA) is 48.7 Å². The van der Waals surface area contributed by atoms with Crippen LogP contribution in [-0.2, 0) is 15.7 Å². The van der Waals surface area contributed by atoms with Crippen LogP contribution in [0, 0.1) is 0 Å². The number of rotatable bonds is 5. The molecule has 7 heteroatoms. The summed E-state index contributed by atoms with van der Waals surface area (Å²) in [6.45, 7) is 1.92. The summed E-state index contributed by atoms with van der Waals surface area (Å²) in [7, 11) is 1.29. The number of halogens is 3. The van der Waals surface area contributed by atoms with E-state index in [0.29, 0.717) is 5.76 Å². The van der Waals surface area contributed by atoms with Gasteiger partial charge in [-0.2, -0.15) is 13.2 Å². The molecule has 24 heavy (non-hydrogen) atoms. The lowest BCUT2D eigenvalue weighted by molar-refractivity contribution is -0.138. The van der Waals surface area contributed by atoms with E-state index in [9.17, 15) is 18.0 Å². The lowest BCUT2D eigenvalue weighted by Crippen LogP contribution is -2.05. The molecule has 0 spiro atoms. The molecule has 0 aliphatic carbocycles. The second kappa shape index (κ2) is 7.25. The Labute approximate surface area is 136 Å². The monoisotopic (exact) mass is 340 g/mol.